The van der Waals surface area contributed by atoms with E-state index >= 15 is 0 Å². The maximum atomic E-state index is 2.39. The molecule has 0 aliphatic rings. The van der Waals surface area contributed by atoms with Crippen LogP contribution in [0.15, 0.2) is 206 Å². The van der Waals surface area contributed by atoms with E-state index < -0.39 is 0 Å². The van der Waals surface area contributed by atoms with Crippen LogP contribution in [0.1, 0.15) is 0 Å². The van der Waals surface area contributed by atoms with Crippen LogP contribution in [0.3, 0.4) is 0 Å². The fourth-order valence-electron chi connectivity index (χ4n) is 8.61. The number of hydrogen-bond donors (Lipinski definition) is 0. The molecule has 54 heavy (non-hydrogen) atoms. The monoisotopic (exact) mass is 682 g/mol. The van der Waals surface area contributed by atoms with Crippen LogP contribution in [0.5, 0.6) is 0 Å². The van der Waals surface area contributed by atoms with Crippen LogP contribution in [0.25, 0.3) is 109 Å². The van der Waals surface area contributed by atoms with Crippen LogP contribution < -0.4 is 0 Å². The van der Waals surface area contributed by atoms with Crippen molar-refractivity contribution >= 4 is 64.6 Å². The van der Waals surface area contributed by atoms with Gasteiger partial charge in [0, 0.05) is 0 Å². The molecule has 0 amide bonds. The average molecular weight is 683 g/mol. The minimum absolute atomic E-state index is 1.21. The van der Waals surface area contributed by atoms with Crippen molar-refractivity contribution < 1.29 is 0 Å². The summed E-state index contributed by atoms with van der Waals surface area (Å²) >= 11 is 0. The molecule has 11 aromatic rings. The lowest BCUT2D eigenvalue weighted by molar-refractivity contribution is 1.63. The molecule has 0 heterocycles. The van der Waals surface area contributed by atoms with Crippen molar-refractivity contribution in [3.05, 3.63) is 206 Å². The van der Waals surface area contributed by atoms with Crippen molar-refractivity contribution in [2.24, 2.45) is 0 Å². The molecular formula is C54H34. The topological polar surface area (TPSA) is 0 Å². The third-order valence-electron chi connectivity index (χ3n) is 11.4. The number of rotatable bonds is 4. The summed E-state index contributed by atoms with van der Waals surface area (Å²) in [6.45, 7) is 0. The standard InChI is InChI=1S/C54H34/c1-3-11-39-29-41(23-17-35(39)9-1)43-25-27-49-47-15-7-5-13-45(47)33-51(53(49)31-43)37-19-21-38(22-20-37)52-34-46-14-6-8-16-48(46)50-28-26-44(32-54(50)52)42-24-18-36-10-2-4-12-40(36)30-42/h1-34H. The van der Waals surface area contributed by atoms with Gasteiger partial charge in [0.1, 0.15) is 0 Å². The molecule has 0 N–H and O–H groups in total. The molecule has 0 spiro atoms. The first kappa shape index (κ1) is 30.6. The molecule has 0 atom stereocenters. The average Bonchev–Trinajstić information content (AvgIpc) is 3.25. The van der Waals surface area contributed by atoms with E-state index in [4.69, 9.17) is 0 Å². The molecule has 0 nitrogen and oxygen atoms in total. The van der Waals surface area contributed by atoms with Crippen LogP contribution in [-0.2, 0) is 0 Å². The minimum atomic E-state index is 1.21. The van der Waals surface area contributed by atoms with E-state index in [1.807, 2.05) is 0 Å². The van der Waals surface area contributed by atoms with E-state index in [1.54, 1.807) is 0 Å². The number of fused-ring (bicyclic) bond motifs is 8. The van der Waals surface area contributed by atoms with Gasteiger partial charge in [-0.05, 0) is 146 Å². The zero-order chi connectivity index (χ0) is 35.6. The van der Waals surface area contributed by atoms with Gasteiger partial charge in [-0.25, -0.2) is 0 Å². The van der Waals surface area contributed by atoms with Crippen LogP contribution in [0.4, 0.5) is 0 Å². The molecule has 0 aromatic heterocycles. The second-order valence-electron chi connectivity index (χ2n) is 14.5. The fraction of sp³-hybridized carbons (Fsp3) is 0. The summed E-state index contributed by atoms with van der Waals surface area (Å²) in [6, 6.07) is 76.3. The Hall–Kier alpha value is -7.02. The molecule has 11 aromatic carbocycles. The highest BCUT2D eigenvalue weighted by Crippen LogP contribution is 2.41. The SMILES string of the molecule is c1ccc2cc(-c3ccc4c(c3)c(-c3ccc(-c5cc6ccccc6c6ccc(-c7ccc8ccccc8c7)cc56)cc3)cc3ccccc34)ccc2c1. The van der Waals surface area contributed by atoms with Crippen LogP contribution in [-0.4, -0.2) is 0 Å². The Balaban J connectivity index is 1.07. The normalized spacial score (nSPS) is 11.7. The second-order valence-corrected chi connectivity index (χ2v) is 14.5. The van der Waals surface area contributed by atoms with E-state index in [2.05, 4.69) is 206 Å². The molecule has 250 valence electrons. The van der Waals surface area contributed by atoms with Crippen molar-refractivity contribution in [2.45, 2.75) is 0 Å². The minimum Gasteiger partial charge on any atom is -0.0616 e. The summed E-state index contributed by atoms with van der Waals surface area (Å²) in [6.07, 6.45) is 0. The molecule has 0 saturated carbocycles. The molecular weight excluding hydrogens is 649 g/mol. The molecule has 0 heteroatoms. The molecule has 0 radical (unpaired) electrons. The smallest absolute Gasteiger partial charge is 0.00928 e. The highest BCUT2D eigenvalue weighted by molar-refractivity contribution is 6.16. The molecule has 0 fully saturated rings. The van der Waals surface area contributed by atoms with Crippen molar-refractivity contribution in [1.82, 2.24) is 0 Å². The Kier molecular flexibility index (Phi) is 6.97. The van der Waals surface area contributed by atoms with Crippen LogP contribution in [0.2, 0.25) is 0 Å². The highest BCUT2D eigenvalue weighted by atomic mass is 14.2. The third-order valence-corrected chi connectivity index (χ3v) is 11.4. The lowest BCUT2D eigenvalue weighted by atomic mass is 9.88. The van der Waals surface area contributed by atoms with E-state index in [1.165, 1.54) is 109 Å². The largest absolute Gasteiger partial charge is 0.0616 e. The van der Waals surface area contributed by atoms with E-state index in [9.17, 15) is 0 Å². The lowest BCUT2D eigenvalue weighted by Gasteiger charge is -2.15. The lowest BCUT2D eigenvalue weighted by Crippen LogP contribution is -1.89. The van der Waals surface area contributed by atoms with E-state index in [0.29, 0.717) is 0 Å². The molecule has 0 aliphatic heterocycles. The zero-order valence-corrected chi connectivity index (χ0v) is 29.6. The van der Waals surface area contributed by atoms with Gasteiger partial charge < -0.3 is 0 Å². The zero-order valence-electron chi connectivity index (χ0n) is 29.6. The molecule has 0 aliphatic carbocycles. The Labute approximate surface area is 314 Å². The maximum Gasteiger partial charge on any atom is -0.00928 e. The maximum absolute atomic E-state index is 2.39. The van der Waals surface area contributed by atoms with Gasteiger partial charge in [-0.15, -0.1) is 0 Å². The van der Waals surface area contributed by atoms with Gasteiger partial charge >= 0.3 is 0 Å². The van der Waals surface area contributed by atoms with Gasteiger partial charge in [0.25, 0.3) is 0 Å². The van der Waals surface area contributed by atoms with Crippen molar-refractivity contribution in [1.29, 1.82) is 0 Å². The van der Waals surface area contributed by atoms with Crippen LogP contribution in [0, 0.1) is 0 Å². The molecule has 0 bridgehead atoms. The summed E-state index contributed by atoms with van der Waals surface area (Å²) in [5, 5.41) is 15.2. The predicted octanol–water partition coefficient (Wildman–Crippen LogP) is 15.3. The van der Waals surface area contributed by atoms with Gasteiger partial charge in [0.15, 0.2) is 0 Å². The van der Waals surface area contributed by atoms with Gasteiger partial charge in [-0.1, -0.05) is 170 Å². The Morgan fingerprint density at radius 2 is 0.500 bits per heavy atom. The molecule has 11 rings (SSSR count). The first-order valence-electron chi connectivity index (χ1n) is 18.7. The highest BCUT2D eigenvalue weighted by Gasteiger charge is 2.14. The fourth-order valence-corrected chi connectivity index (χ4v) is 8.61. The Bertz CT molecular complexity index is 3030. The van der Waals surface area contributed by atoms with Gasteiger partial charge in [0.05, 0.1) is 0 Å². The van der Waals surface area contributed by atoms with Crippen LogP contribution >= 0.6 is 0 Å². The summed E-state index contributed by atoms with van der Waals surface area (Å²) in [5.41, 5.74) is 9.85. The van der Waals surface area contributed by atoms with E-state index in [-0.39, 0.29) is 0 Å². The van der Waals surface area contributed by atoms with Gasteiger partial charge in [0.2, 0.25) is 0 Å². The van der Waals surface area contributed by atoms with E-state index in [0.717, 1.165) is 0 Å². The second kappa shape index (κ2) is 12.3. The summed E-state index contributed by atoms with van der Waals surface area (Å²) in [5.74, 6) is 0. The van der Waals surface area contributed by atoms with Crippen molar-refractivity contribution in [2.75, 3.05) is 0 Å². The molecule has 0 saturated heterocycles. The van der Waals surface area contributed by atoms with Crippen molar-refractivity contribution in [3.8, 4) is 44.5 Å². The third kappa shape index (κ3) is 5.07. The Morgan fingerprint density at radius 3 is 0.944 bits per heavy atom. The first-order valence-corrected chi connectivity index (χ1v) is 18.7. The van der Waals surface area contributed by atoms with Crippen molar-refractivity contribution in [3.63, 3.8) is 0 Å². The summed E-state index contributed by atoms with van der Waals surface area (Å²) < 4.78 is 0. The van der Waals surface area contributed by atoms with Gasteiger partial charge in [-0.2, -0.15) is 0 Å². The summed E-state index contributed by atoms with van der Waals surface area (Å²) in [7, 11) is 0. The number of benzene rings is 11. The summed E-state index contributed by atoms with van der Waals surface area (Å²) in [4.78, 5) is 0. The molecule has 0 unspecified atom stereocenters. The van der Waals surface area contributed by atoms with Gasteiger partial charge in [-0.3, -0.25) is 0 Å². The quantitative estimate of drug-likeness (QED) is 0.162. The predicted molar refractivity (Wildman–Crippen MR) is 233 cm³/mol. The number of hydrogen-bond acceptors (Lipinski definition) is 0. The Morgan fingerprint density at radius 1 is 0.167 bits per heavy atom. The first-order chi connectivity index (χ1) is 26.7.